The standard InChI is InChI=1S/C9H12BrN3/c1-3-6(2)13-7(5-11)4-8(12)9(13)10/h4,6H,3,12H2,1-2H3. The van der Waals surface area contributed by atoms with E-state index in [4.69, 9.17) is 11.0 Å². The van der Waals surface area contributed by atoms with Crippen LogP contribution < -0.4 is 5.73 Å². The van der Waals surface area contributed by atoms with Crippen LogP contribution in [0.25, 0.3) is 0 Å². The summed E-state index contributed by atoms with van der Waals surface area (Å²) in [7, 11) is 0. The van der Waals surface area contributed by atoms with Crippen LogP contribution in [0.15, 0.2) is 10.7 Å². The van der Waals surface area contributed by atoms with Crippen molar-refractivity contribution in [1.29, 1.82) is 5.26 Å². The van der Waals surface area contributed by atoms with Crippen LogP contribution in [-0.4, -0.2) is 4.57 Å². The zero-order chi connectivity index (χ0) is 10.0. The molecule has 0 aliphatic heterocycles. The van der Waals surface area contributed by atoms with E-state index in [1.165, 1.54) is 0 Å². The van der Waals surface area contributed by atoms with Crippen LogP contribution in [-0.2, 0) is 0 Å². The van der Waals surface area contributed by atoms with Gasteiger partial charge in [-0.15, -0.1) is 0 Å². The molecule has 1 rings (SSSR count). The average Bonchev–Trinajstić information content (AvgIpc) is 2.42. The molecular formula is C9H12BrN3. The van der Waals surface area contributed by atoms with E-state index in [0.717, 1.165) is 11.0 Å². The first-order valence-corrected chi connectivity index (χ1v) is 4.97. The number of halogens is 1. The zero-order valence-electron chi connectivity index (χ0n) is 7.71. The lowest BCUT2D eigenvalue weighted by Crippen LogP contribution is -2.06. The van der Waals surface area contributed by atoms with Gasteiger partial charge in [0.15, 0.2) is 0 Å². The van der Waals surface area contributed by atoms with Crippen molar-refractivity contribution < 1.29 is 0 Å². The number of nitriles is 1. The number of anilines is 1. The number of hydrogen-bond acceptors (Lipinski definition) is 2. The SMILES string of the molecule is CCC(C)n1c(C#N)cc(N)c1Br. The number of hydrogen-bond donors (Lipinski definition) is 1. The van der Waals surface area contributed by atoms with Gasteiger partial charge in [-0.25, -0.2) is 0 Å². The molecule has 70 valence electrons. The lowest BCUT2D eigenvalue weighted by Gasteiger charge is -2.13. The minimum Gasteiger partial charge on any atom is -0.397 e. The second-order valence-electron chi connectivity index (χ2n) is 3.01. The van der Waals surface area contributed by atoms with Gasteiger partial charge in [0.2, 0.25) is 0 Å². The Kier molecular flexibility index (Phi) is 2.99. The molecule has 0 spiro atoms. The van der Waals surface area contributed by atoms with E-state index in [1.807, 2.05) is 4.57 Å². The molecule has 0 saturated carbocycles. The Morgan fingerprint density at radius 1 is 1.77 bits per heavy atom. The molecule has 0 radical (unpaired) electrons. The second kappa shape index (κ2) is 3.84. The van der Waals surface area contributed by atoms with Crippen LogP contribution in [0.2, 0.25) is 0 Å². The Labute approximate surface area is 86.3 Å². The molecular weight excluding hydrogens is 230 g/mol. The van der Waals surface area contributed by atoms with Crippen molar-refractivity contribution in [1.82, 2.24) is 4.57 Å². The Morgan fingerprint density at radius 2 is 2.38 bits per heavy atom. The molecule has 0 aromatic carbocycles. The van der Waals surface area contributed by atoms with Gasteiger partial charge in [-0.2, -0.15) is 5.26 Å². The highest BCUT2D eigenvalue weighted by molar-refractivity contribution is 9.10. The molecule has 1 atom stereocenters. The number of aromatic nitrogens is 1. The third-order valence-electron chi connectivity index (χ3n) is 2.15. The molecule has 0 bridgehead atoms. The smallest absolute Gasteiger partial charge is 0.123 e. The van der Waals surface area contributed by atoms with E-state index in [2.05, 4.69) is 35.8 Å². The molecule has 0 saturated heterocycles. The van der Waals surface area contributed by atoms with Crippen LogP contribution in [0.3, 0.4) is 0 Å². The third-order valence-corrected chi connectivity index (χ3v) is 2.99. The minimum absolute atomic E-state index is 0.293. The van der Waals surface area contributed by atoms with Crippen LogP contribution in [0.4, 0.5) is 5.69 Å². The van der Waals surface area contributed by atoms with Gasteiger partial charge in [-0.05, 0) is 35.3 Å². The first-order valence-electron chi connectivity index (χ1n) is 4.18. The van der Waals surface area contributed by atoms with Gasteiger partial charge < -0.3 is 10.3 Å². The number of nitrogens with two attached hydrogens (primary N) is 1. The molecule has 0 amide bonds. The molecule has 1 heterocycles. The zero-order valence-corrected chi connectivity index (χ0v) is 9.30. The van der Waals surface area contributed by atoms with Crippen molar-refractivity contribution in [3.05, 3.63) is 16.4 Å². The van der Waals surface area contributed by atoms with Gasteiger partial charge >= 0.3 is 0 Å². The molecule has 1 unspecified atom stereocenters. The molecule has 2 N–H and O–H groups in total. The molecule has 1 aromatic heterocycles. The summed E-state index contributed by atoms with van der Waals surface area (Å²) in [5.74, 6) is 0. The molecule has 13 heavy (non-hydrogen) atoms. The summed E-state index contributed by atoms with van der Waals surface area (Å²) in [6.07, 6.45) is 0.974. The number of rotatable bonds is 2. The number of nitrogens with zero attached hydrogens (tertiary/aromatic N) is 2. The number of nitrogen functional groups attached to an aromatic ring is 1. The summed E-state index contributed by atoms with van der Waals surface area (Å²) in [4.78, 5) is 0. The van der Waals surface area contributed by atoms with Crippen LogP contribution in [0, 0.1) is 11.3 Å². The van der Waals surface area contributed by atoms with Gasteiger partial charge in [-0.3, -0.25) is 0 Å². The van der Waals surface area contributed by atoms with E-state index in [0.29, 0.717) is 17.4 Å². The third kappa shape index (κ3) is 1.70. The topological polar surface area (TPSA) is 54.7 Å². The van der Waals surface area contributed by atoms with E-state index < -0.39 is 0 Å². The molecule has 0 fully saturated rings. The summed E-state index contributed by atoms with van der Waals surface area (Å²) in [6, 6.07) is 4.11. The Bertz CT molecular complexity index is 348. The normalized spacial score (nSPS) is 12.5. The highest BCUT2D eigenvalue weighted by atomic mass is 79.9. The van der Waals surface area contributed by atoms with Crippen LogP contribution >= 0.6 is 15.9 Å². The van der Waals surface area contributed by atoms with E-state index in [9.17, 15) is 0 Å². The second-order valence-corrected chi connectivity index (χ2v) is 3.77. The highest BCUT2D eigenvalue weighted by Gasteiger charge is 2.14. The molecule has 0 aliphatic carbocycles. The highest BCUT2D eigenvalue weighted by Crippen LogP contribution is 2.28. The largest absolute Gasteiger partial charge is 0.397 e. The first kappa shape index (κ1) is 10.1. The lowest BCUT2D eigenvalue weighted by molar-refractivity contribution is 0.521. The van der Waals surface area contributed by atoms with E-state index in [1.54, 1.807) is 6.07 Å². The molecule has 4 heteroatoms. The fourth-order valence-electron chi connectivity index (χ4n) is 1.22. The van der Waals surface area contributed by atoms with Crippen molar-refractivity contribution in [3.63, 3.8) is 0 Å². The Morgan fingerprint density at radius 3 is 2.85 bits per heavy atom. The fraction of sp³-hybridized carbons (Fsp3) is 0.444. The van der Waals surface area contributed by atoms with Crippen molar-refractivity contribution >= 4 is 21.6 Å². The maximum Gasteiger partial charge on any atom is 0.123 e. The van der Waals surface area contributed by atoms with Crippen molar-refractivity contribution in [2.45, 2.75) is 26.3 Å². The Hall–Kier alpha value is -0.950. The maximum atomic E-state index is 8.85. The lowest BCUT2D eigenvalue weighted by atomic mass is 10.2. The first-order chi connectivity index (χ1) is 6.11. The van der Waals surface area contributed by atoms with E-state index in [-0.39, 0.29) is 0 Å². The fourth-order valence-corrected chi connectivity index (χ4v) is 1.88. The van der Waals surface area contributed by atoms with Gasteiger partial charge in [0.1, 0.15) is 16.4 Å². The van der Waals surface area contributed by atoms with Crippen LogP contribution in [0.1, 0.15) is 32.0 Å². The van der Waals surface area contributed by atoms with Gasteiger partial charge in [0, 0.05) is 6.04 Å². The van der Waals surface area contributed by atoms with Crippen LogP contribution in [0.5, 0.6) is 0 Å². The summed E-state index contributed by atoms with van der Waals surface area (Å²) in [6.45, 7) is 4.14. The van der Waals surface area contributed by atoms with Gasteiger partial charge in [-0.1, -0.05) is 6.92 Å². The predicted molar refractivity (Wildman–Crippen MR) is 56.3 cm³/mol. The van der Waals surface area contributed by atoms with Crippen molar-refractivity contribution in [2.24, 2.45) is 0 Å². The van der Waals surface area contributed by atoms with Crippen molar-refractivity contribution in [2.75, 3.05) is 5.73 Å². The quantitative estimate of drug-likeness (QED) is 0.866. The minimum atomic E-state index is 0.293. The average molecular weight is 242 g/mol. The molecule has 1 aromatic rings. The Balaban J connectivity index is 3.25. The summed E-state index contributed by atoms with van der Waals surface area (Å²) < 4.78 is 2.72. The van der Waals surface area contributed by atoms with Crippen molar-refractivity contribution in [3.8, 4) is 6.07 Å². The summed E-state index contributed by atoms with van der Waals surface area (Å²) in [5.41, 5.74) is 6.92. The molecule has 0 aliphatic rings. The van der Waals surface area contributed by atoms with E-state index >= 15 is 0 Å². The van der Waals surface area contributed by atoms with Gasteiger partial charge in [0.05, 0.1) is 5.69 Å². The summed E-state index contributed by atoms with van der Waals surface area (Å²) in [5, 5.41) is 8.85. The van der Waals surface area contributed by atoms with Gasteiger partial charge in [0.25, 0.3) is 0 Å². The predicted octanol–water partition coefficient (Wildman–Crippen LogP) is 2.68. The summed E-state index contributed by atoms with van der Waals surface area (Å²) >= 11 is 3.37. The monoisotopic (exact) mass is 241 g/mol. The molecule has 3 nitrogen and oxygen atoms in total. The maximum absolute atomic E-state index is 8.85.